The van der Waals surface area contributed by atoms with Crippen molar-refractivity contribution in [1.82, 2.24) is 14.4 Å². The number of fused-ring (bicyclic) bond motifs is 3. The van der Waals surface area contributed by atoms with Crippen molar-refractivity contribution in [3.63, 3.8) is 0 Å². The monoisotopic (exact) mass is 353 g/mol. The Hall–Kier alpha value is -2.95. The number of nitrogens with zero attached hydrogens (tertiary/aromatic N) is 4. The largest absolute Gasteiger partial charge is 0.383 e. The quantitative estimate of drug-likeness (QED) is 0.567. The Morgan fingerprint density at radius 1 is 1.33 bits per heavy atom. The lowest BCUT2D eigenvalue weighted by molar-refractivity contribution is 1.13. The van der Waals surface area contributed by atoms with Gasteiger partial charge in [0.1, 0.15) is 17.5 Å². The van der Waals surface area contributed by atoms with Crippen molar-refractivity contribution >= 4 is 44.7 Å². The van der Waals surface area contributed by atoms with Crippen LogP contribution in [-0.2, 0) is 0 Å². The molecule has 3 aromatic heterocycles. The SMILES string of the molecule is N#Cc1c(N)nc2c(c1-c1cccc(Cl)c1)c(=O)nc1sccn12. The van der Waals surface area contributed by atoms with Crippen LogP contribution in [0.1, 0.15) is 5.56 Å². The zero-order chi connectivity index (χ0) is 16.8. The summed E-state index contributed by atoms with van der Waals surface area (Å²) in [6.45, 7) is 0. The molecule has 0 aliphatic rings. The molecule has 0 aliphatic heterocycles. The lowest BCUT2D eigenvalue weighted by Crippen LogP contribution is -2.13. The number of benzene rings is 1. The lowest BCUT2D eigenvalue weighted by Gasteiger charge is -2.11. The van der Waals surface area contributed by atoms with Gasteiger partial charge < -0.3 is 5.73 Å². The predicted molar refractivity (Wildman–Crippen MR) is 94.2 cm³/mol. The first-order valence-electron chi connectivity index (χ1n) is 6.85. The van der Waals surface area contributed by atoms with Crippen LogP contribution in [0, 0.1) is 11.3 Å². The number of halogens is 1. The first kappa shape index (κ1) is 14.6. The molecule has 0 aliphatic carbocycles. The molecule has 0 radical (unpaired) electrons. The second kappa shape index (κ2) is 5.30. The standard InChI is InChI=1S/C16H8ClN5OS/c17-9-3-1-2-8(6-9)11-10(7-18)13(19)20-14-12(11)15(23)21-16-22(14)4-5-24-16/h1-6H,(H2,19,20). The number of pyridine rings is 1. The summed E-state index contributed by atoms with van der Waals surface area (Å²) in [5.41, 5.74) is 7.06. The fourth-order valence-corrected chi connectivity index (χ4v) is 3.56. The topological polar surface area (TPSA) is 97.1 Å². The van der Waals surface area contributed by atoms with Gasteiger partial charge in [-0.15, -0.1) is 11.3 Å². The third-order valence-electron chi connectivity index (χ3n) is 3.66. The molecule has 2 N–H and O–H groups in total. The first-order chi connectivity index (χ1) is 11.6. The Labute approximate surface area is 144 Å². The molecule has 0 atom stereocenters. The van der Waals surface area contributed by atoms with Crippen LogP contribution in [0.5, 0.6) is 0 Å². The summed E-state index contributed by atoms with van der Waals surface area (Å²) in [6.07, 6.45) is 1.76. The van der Waals surface area contributed by atoms with Gasteiger partial charge in [-0.1, -0.05) is 23.7 Å². The van der Waals surface area contributed by atoms with Crippen LogP contribution in [0.2, 0.25) is 5.02 Å². The van der Waals surface area contributed by atoms with Crippen LogP contribution in [-0.4, -0.2) is 14.4 Å². The van der Waals surface area contributed by atoms with Gasteiger partial charge in [-0.05, 0) is 17.7 Å². The number of thiazole rings is 1. The van der Waals surface area contributed by atoms with Gasteiger partial charge in [0, 0.05) is 22.2 Å². The second-order valence-corrected chi connectivity index (χ2v) is 6.35. The molecule has 116 valence electrons. The average molecular weight is 354 g/mol. The highest BCUT2D eigenvalue weighted by Gasteiger charge is 2.20. The van der Waals surface area contributed by atoms with Crippen molar-refractivity contribution in [3.8, 4) is 17.2 Å². The molecule has 24 heavy (non-hydrogen) atoms. The van der Waals surface area contributed by atoms with Crippen molar-refractivity contribution in [2.45, 2.75) is 0 Å². The van der Waals surface area contributed by atoms with Crippen LogP contribution in [0.25, 0.3) is 27.1 Å². The maximum Gasteiger partial charge on any atom is 0.284 e. The fourth-order valence-electron chi connectivity index (χ4n) is 2.67. The number of nitrogens with two attached hydrogens (primary N) is 1. The number of aromatic nitrogens is 3. The van der Waals surface area contributed by atoms with Crippen LogP contribution >= 0.6 is 22.9 Å². The molecule has 0 bridgehead atoms. The zero-order valence-electron chi connectivity index (χ0n) is 12.0. The Balaban J connectivity index is 2.30. The van der Waals surface area contributed by atoms with E-state index in [1.807, 2.05) is 6.07 Å². The molecule has 6 nitrogen and oxygen atoms in total. The number of nitriles is 1. The van der Waals surface area contributed by atoms with Gasteiger partial charge in [-0.3, -0.25) is 9.20 Å². The van der Waals surface area contributed by atoms with E-state index in [4.69, 9.17) is 17.3 Å². The van der Waals surface area contributed by atoms with Gasteiger partial charge in [0.15, 0.2) is 10.6 Å². The lowest BCUT2D eigenvalue weighted by atomic mass is 9.98. The van der Waals surface area contributed by atoms with Gasteiger partial charge in [0.25, 0.3) is 5.56 Å². The van der Waals surface area contributed by atoms with Crippen LogP contribution in [0.3, 0.4) is 0 Å². The summed E-state index contributed by atoms with van der Waals surface area (Å²) >= 11 is 7.39. The van der Waals surface area contributed by atoms with Crippen molar-refractivity contribution < 1.29 is 0 Å². The van der Waals surface area contributed by atoms with Crippen molar-refractivity contribution in [1.29, 1.82) is 5.26 Å². The zero-order valence-corrected chi connectivity index (χ0v) is 13.6. The normalized spacial score (nSPS) is 11.0. The molecule has 0 spiro atoms. The minimum absolute atomic E-state index is 0.0607. The van der Waals surface area contributed by atoms with E-state index in [1.165, 1.54) is 11.3 Å². The molecular weight excluding hydrogens is 346 g/mol. The van der Waals surface area contributed by atoms with Crippen LogP contribution in [0.15, 0.2) is 40.6 Å². The summed E-state index contributed by atoms with van der Waals surface area (Å²) < 4.78 is 1.69. The molecule has 4 rings (SSSR count). The van der Waals surface area contributed by atoms with E-state index in [-0.39, 0.29) is 16.8 Å². The van der Waals surface area contributed by atoms with Crippen molar-refractivity contribution in [3.05, 3.63) is 56.8 Å². The highest BCUT2D eigenvalue weighted by molar-refractivity contribution is 7.15. The van der Waals surface area contributed by atoms with E-state index in [9.17, 15) is 10.1 Å². The minimum atomic E-state index is -0.452. The summed E-state index contributed by atoms with van der Waals surface area (Å²) in [5, 5.41) is 12.1. The average Bonchev–Trinajstić information content (AvgIpc) is 3.02. The number of hydrogen-bond acceptors (Lipinski definition) is 6. The smallest absolute Gasteiger partial charge is 0.284 e. The second-order valence-electron chi connectivity index (χ2n) is 5.04. The maximum atomic E-state index is 12.6. The maximum absolute atomic E-state index is 12.6. The van der Waals surface area contributed by atoms with E-state index < -0.39 is 5.56 Å². The van der Waals surface area contributed by atoms with Gasteiger partial charge in [0.2, 0.25) is 0 Å². The van der Waals surface area contributed by atoms with Gasteiger partial charge in [-0.25, -0.2) is 4.98 Å². The number of anilines is 1. The predicted octanol–water partition coefficient (Wildman–Crippen LogP) is 3.08. The van der Waals surface area contributed by atoms with E-state index in [1.54, 1.807) is 40.2 Å². The van der Waals surface area contributed by atoms with Crippen LogP contribution in [0.4, 0.5) is 5.82 Å². The third kappa shape index (κ3) is 2.05. The fraction of sp³-hybridized carbons (Fsp3) is 0. The Morgan fingerprint density at radius 3 is 2.92 bits per heavy atom. The third-order valence-corrected chi connectivity index (χ3v) is 4.65. The molecule has 0 fully saturated rings. The van der Waals surface area contributed by atoms with Gasteiger partial charge in [-0.2, -0.15) is 10.2 Å². The molecular formula is C16H8ClN5OS. The first-order valence-corrected chi connectivity index (χ1v) is 8.11. The summed E-state index contributed by atoms with van der Waals surface area (Å²) in [5.74, 6) is 0.0607. The number of rotatable bonds is 1. The summed E-state index contributed by atoms with van der Waals surface area (Å²) in [6, 6.07) is 8.94. The van der Waals surface area contributed by atoms with E-state index in [2.05, 4.69) is 9.97 Å². The molecule has 0 saturated carbocycles. The molecule has 3 heterocycles. The van der Waals surface area contributed by atoms with E-state index >= 15 is 0 Å². The molecule has 0 unspecified atom stereocenters. The van der Waals surface area contributed by atoms with E-state index in [0.717, 1.165) is 0 Å². The summed E-state index contributed by atoms with van der Waals surface area (Å²) in [4.78, 5) is 21.5. The molecule has 8 heteroatoms. The van der Waals surface area contributed by atoms with E-state index in [0.29, 0.717) is 26.8 Å². The highest BCUT2D eigenvalue weighted by atomic mass is 35.5. The van der Waals surface area contributed by atoms with Gasteiger partial charge in [0.05, 0.1) is 5.39 Å². The van der Waals surface area contributed by atoms with Gasteiger partial charge >= 0.3 is 0 Å². The molecule has 4 aromatic rings. The highest BCUT2D eigenvalue weighted by Crippen LogP contribution is 2.33. The van der Waals surface area contributed by atoms with Crippen molar-refractivity contribution in [2.24, 2.45) is 0 Å². The number of nitrogen functional groups attached to an aromatic ring is 1. The Morgan fingerprint density at radius 2 is 2.17 bits per heavy atom. The van der Waals surface area contributed by atoms with Crippen LogP contribution < -0.4 is 11.3 Å². The Bertz CT molecular complexity index is 1220. The molecule has 0 saturated heterocycles. The number of hydrogen-bond donors (Lipinski definition) is 1. The minimum Gasteiger partial charge on any atom is -0.383 e. The van der Waals surface area contributed by atoms with Crippen molar-refractivity contribution in [2.75, 3.05) is 5.73 Å². The molecule has 0 amide bonds. The molecule has 1 aromatic carbocycles. The summed E-state index contributed by atoms with van der Waals surface area (Å²) in [7, 11) is 0. The Kier molecular flexibility index (Phi) is 3.23.